The molecule has 0 unspecified atom stereocenters. The first kappa shape index (κ1) is 22.4. The summed E-state index contributed by atoms with van der Waals surface area (Å²) in [7, 11) is 1.36. The topological polar surface area (TPSA) is 102 Å². The van der Waals surface area contributed by atoms with Crippen molar-refractivity contribution in [1.82, 2.24) is 0 Å². The van der Waals surface area contributed by atoms with E-state index in [-0.39, 0.29) is 28.4 Å². The number of amides is 2. The number of benzene rings is 3. The Balaban J connectivity index is 1.93. The van der Waals surface area contributed by atoms with E-state index in [1.807, 2.05) is 0 Å². The minimum atomic E-state index is -0.533. The summed E-state index contributed by atoms with van der Waals surface area (Å²) in [5.74, 6) is -1.37. The average molecular weight is 430 g/mol. The van der Waals surface area contributed by atoms with Crippen molar-refractivity contribution >= 4 is 34.8 Å². The first-order valence-electron chi connectivity index (χ1n) is 9.83. The van der Waals surface area contributed by atoms with Crippen molar-refractivity contribution in [3.8, 4) is 5.75 Å². The molecule has 2 amide bonds. The molecule has 3 aromatic rings. The number of ether oxygens (including phenoxy) is 1. The Hall–Kier alpha value is -4.26. The van der Waals surface area contributed by atoms with Crippen LogP contribution in [-0.2, 0) is 0 Å². The molecule has 32 heavy (non-hydrogen) atoms. The molecule has 0 heterocycles. The summed E-state index contributed by atoms with van der Waals surface area (Å²) in [5, 5.41) is 5.41. The van der Waals surface area contributed by atoms with E-state index in [4.69, 9.17) is 4.74 Å². The van der Waals surface area contributed by atoms with E-state index in [1.165, 1.54) is 33.1 Å². The molecule has 0 saturated heterocycles. The van der Waals surface area contributed by atoms with Gasteiger partial charge in [0.05, 0.1) is 29.6 Å². The number of anilines is 2. The van der Waals surface area contributed by atoms with Gasteiger partial charge in [-0.25, -0.2) is 0 Å². The highest BCUT2D eigenvalue weighted by Crippen LogP contribution is 2.27. The van der Waals surface area contributed by atoms with Crippen molar-refractivity contribution in [2.75, 3.05) is 17.7 Å². The van der Waals surface area contributed by atoms with E-state index < -0.39 is 11.8 Å². The lowest BCUT2D eigenvalue weighted by Crippen LogP contribution is -2.19. The third-order valence-corrected chi connectivity index (χ3v) is 4.82. The highest BCUT2D eigenvalue weighted by atomic mass is 16.5. The maximum Gasteiger partial charge on any atom is 0.259 e. The monoisotopic (exact) mass is 430 g/mol. The molecule has 0 spiro atoms. The van der Waals surface area contributed by atoms with Crippen LogP contribution in [0.25, 0.3) is 0 Å². The number of Topliss-reactive ketones (excluding diaryl/α,β-unsaturated/α-hetero) is 2. The summed E-state index contributed by atoms with van der Waals surface area (Å²) in [5.41, 5.74) is 1.70. The third-order valence-electron chi connectivity index (χ3n) is 4.82. The van der Waals surface area contributed by atoms with Crippen molar-refractivity contribution in [2.24, 2.45) is 0 Å². The molecule has 0 aliphatic rings. The zero-order valence-electron chi connectivity index (χ0n) is 17.9. The molecule has 0 bridgehead atoms. The first-order valence-corrected chi connectivity index (χ1v) is 9.83. The van der Waals surface area contributed by atoms with Gasteiger partial charge in [0.1, 0.15) is 5.75 Å². The number of rotatable bonds is 7. The molecule has 0 fully saturated rings. The van der Waals surface area contributed by atoms with Crippen LogP contribution in [0.1, 0.15) is 55.3 Å². The van der Waals surface area contributed by atoms with Crippen molar-refractivity contribution < 1.29 is 23.9 Å². The molecule has 7 nitrogen and oxygen atoms in total. The van der Waals surface area contributed by atoms with Gasteiger partial charge in [-0.3, -0.25) is 19.2 Å². The van der Waals surface area contributed by atoms with Crippen LogP contribution in [0.3, 0.4) is 0 Å². The second-order valence-corrected chi connectivity index (χ2v) is 7.00. The Labute approximate surface area is 185 Å². The van der Waals surface area contributed by atoms with Gasteiger partial charge in [0.2, 0.25) is 0 Å². The zero-order chi connectivity index (χ0) is 23.3. The van der Waals surface area contributed by atoms with Crippen molar-refractivity contribution in [3.63, 3.8) is 0 Å². The van der Waals surface area contributed by atoms with E-state index in [9.17, 15) is 19.2 Å². The lowest BCUT2D eigenvalue weighted by molar-refractivity contribution is 0.100. The van der Waals surface area contributed by atoms with Gasteiger partial charge in [0.15, 0.2) is 11.6 Å². The Kier molecular flexibility index (Phi) is 6.80. The molecule has 7 heteroatoms. The number of hydrogen-bond donors (Lipinski definition) is 2. The average Bonchev–Trinajstić information content (AvgIpc) is 2.78. The lowest BCUT2D eigenvalue weighted by atomic mass is 10.0. The molecule has 0 aliphatic carbocycles. The van der Waals surface area contributed by atoms with E-state index in [2.05, 4.69) is 10.6 Å². The van der Waals surface area contributed by atoms with Crippen LogP contribution < -0.4 is 15.4 Å². The van der Waals surface area contributed by atoms with Gasteiger partial charge in [0, 0.05) is 11.1 Å². The van der Waals surface area contributed by atoms with Crippen LogP contribution in [-0.4, -0.2) is 30.5 Å². The van der Waals surface area contributed by atoms with Crippen LogP contribution >= 0.6 is 0 Å². The molecule has 2 N–H and O–H groups in total. The lowest BCUT2D eigenvalue weighted by Gasteiger charge is -2.15. The summed E-state index contributed by atoms with van der Waals surface area (Å²) in [6.07, 6.45) is 0. The maximum atomic E-state index is 13.0. The van der Waals surface area contributed by atoms with Crippen LogP contribution in [0, 0.1) is 0 Å². The van der Waals surface area contributed by atoms with E-state index >= 15 is 0 Å². The van der Waals surface area contributed by atoms with Crippen LogP contribution in [0.2, 0.25) is 0 Å². The molecule has 3 rings (SSSR count). The molecule has 0 radical (unpaired) electrons. The fourth-order valence-electron chi connectivity index (χ4n) is 3.29. The van der Waals surface area contributed by atoms with Gasteiger partial charge < -0.3 is 15.4 Å². The third kappa shape index (κ3) is 4.73. The summed E-state index contributed by atoms with van der Waals surface area (Å²) >= 11 is 0. The molecule has 0 aliphatic heterocycles. The summed E-state index contributed by atoms with van der Waals surface area (Å²) in [6.45, 7) is 2.82. The maximum absolute atomic E-state index is 13.0. The Morgan fingerprint density at radius 2 is 0.969 bits per heavy atom. The predicted molar refractivity (Wildman–Crippen MR) is 122 cm³/mol. The van der Waals surface area contributed by atoms with Crippen molar-refractivity contribution in [2.45, 2.75) is 13.8 Å². The standard InChI is InChI=1S/C25H22N2O5/c1-15(28)17-9-4-6-13-21(17)26-24(30)19-11-8-12-20(23(19)32-3)25(31)27-22-14-7-5-10-18(22)16(2)29/h4-14H,1-3H3,(H,26,30)(H,27,31). The normalized spacial score (nSPS) is 10.2. The van der Waals surface area contributed by atoms with Gasteiger partial charge in [-0.15, -0.1) is 0 Å². The minimum absolute atomic E-state index is 0.0723. The second-order valence-electron chi connectivity index (χ2n) is 7.00. The SMILES string of the molecule is COc1c(C(=O)Nc2ccccc2C(C)=O)cccc1C(=O)Nc1ccccc1C(C)=O. The molecule has 3 aromatic carbocycles. The zero-order valence-corrected chi connectivity index (χ0v) is 17.9. The number of nitrogens with one attached hydrogen (secondary N) is 2. The minimum Gasteiger partial charge on any atom is -0.495 e. The second kappa shape index (κ2) is 9.70. The number of carbonyl (C=O) groups is 4. The number of hydrogen-bond acceptors (Lipinski definition) is 5. The fourth-order valence-corrected chi connectivity index (χ4v) is 3.29. The van der Waals surface area contributed by atoms with Gasteiger partial charge in [-0.1, -0.05) is 30.3 Å². The van der Waals surface area contributed by atoms with Crippen molar-refractivity contribution in [3.05, 3.63) is 89.0 Å². The smallest absolute Gasteiger partial charge is 0.259 e. The summed E-state index contributed by atoms with van der Waals surface area (Å²) in [4.78, 5) is 49.6. The predicted octanol–water partition coefficient (Wildman–Crippen LogP) is 4.61. The Morgan fingerprint density at radius 1 is 0.594 bits per heavy atom. The molecule has 0 atom stereocenters. The molecule has 0 aromatic heterocycles. The number of methoxy groups -OCH3 is 1. The van der Waals surface area contributed by atoms with Gasteiger partial charge in [-0.05, 0) is 50.2 Å². The number of carbonyl (C=O) groups excluding carboxylic acids is 4. The molecular formula is C25H22N2O5. The molecular weight excluding hydrogens is 408 g/mol. The molecule has 0 saturated carbocycles. The highest BCUT2D eigenvalue weighted by molar-refractivity contribution is 6.14. The van der Waals surface area contributed by atoms with Crippen LogP contribution in [0.4, 0.5) is 11.4 Å². The largest absolute Gasteiger partial charge is 0.495 e. The summed E-state index contributed by atoms with van der Waals surface area (Å²) in [6, 6.07) is 17.9. The van der Waals surface area contributed by atoms with Crippen LogP contribution in [0.5, 0.6) is 5.75 Å². The van der Waals surface area contributed by atoms with Crippen LogP contribution in [0.15, 0.2) is 66.7 Å². The van der Waals surface area contributed by atoms with E-state index in [0.29, 0.717) is 22.5 Å². The number of ketones is 2. The van der Waals surface area contributed by atoms with E-state index in [0.717, 1.165) is 0 Å². The highest BCUT2D eigenvalue weighted by Gasteiger charge is 2.22. The fraction of sp³-hybridized carbons (Fsp3) is 0.120. The Morgan fingerprint density at radius 3 is 1.34 bits per heavy atom. The van der Waals surface area contributed by atoms with Gasteiger partial charge in [-0.2, -0.15) is 0 Å². The molecule has 162 valence electrons. The summed E-state index contributed by atoms with van der Waals surface area (Å²) < 4.78 is 5.39. The van der Waals surface area contributed by atoms with E-state index in [1.54, 1.807) is 54.6 Å². The quantitative estimate of drug-likeness (QED) is 0.533. The first-order chi connectivity index (χ1) is 15.3. The van der Waals surface area contributed by atoms with Crippen molar-refractivity contribution in [1.29, 1.82) is 0 Å². The number of para-hydroxylation sites is 3. The van der Waals surface area contributed by atoms with Gasteiger partial charge in [0.25, 0.3) is 11.8 Å². The Bertz CT molecular complexity index is 1130. The van der Waals surface area contributed by atoms with Gasteiger partial charge >= 0.3 is 0 Å².